The van der Waals surface area contributed by atoms with Crippen LogP contribution in [0.3, 0.4) is 0 Å². The smallest absolute Gasteiger partial charge is 0.252 e. The lowest BCUT2D eigenvalue weighted by Crippen LogP contribution is -2.37. The Kier molecular flexibility index (Phi) is 6.90. The van der Waals surface area contributed by atoms with E-state index in [9.17, 15) is 4.79 Å². The van der Waals surface area contributed by atoms with Gasteiger partial charge in [0.2, 0.25) is 0 Å². The van der Waals surface area contributed by atoms with E-state index in [1.165, 1.54) is 11.1 Å². The highest BCUT2D eigenvalue weighted by molar-refractivity contribution is 5.79. The number of nitrogens with zero attached hydrogens (tertiary/aromatic N) is 5. The predicted octanol–water partition coefficient (Wildman–Crippen LogP) is 5.29. The van der Waals surface area contributed by atoms with E-state index in [0.29, 0.717) is 13.1 Å². The SMILES string of the molecule is Cc1ccc(CN(Cc2cc3cc(C)ccc3[nH]c2=O)C(c2nnnn2C(C)(C)C)C(C)C)cc1. The number of aryl methyl sites for hydroxylation is 2. The van der Waals surface area contributed by atoms with Gasteiger partial charge in [0.15, 0.2) is 5.82 Å². The molecule has 0 aliphatic heterocycles. The molecule has 2 aromatic heterocycles. The largest absolute Gasteiger partial charge is 0.322 e. The molecule has 2 heterocycles. The number of H-pyrrole nitrogens is 1. The number of aromatic nitrogens is 5. The van der Waals surface area contributed by atoms with Crippen LogP contribution in [0, 0.1) is 19.8 Å². The van der Waals surface area contributed by atoms with Crippen LogP contribution in [0.5, 0.6) is 0 Å². The minimum absolute atomic E-state index is 0.0619. The molecule has 0 saturated carbocycles. The summed E-state index contributed by atoms with van der Waals surface area (Å²) in [5.74, 6) is 1.03. The first-order valence-corrected chi connectivity index (χ1v) is 12.2. The molecule has 0 aliphatic carbocycles. The molecule has 4 rings (SSSR count). The molecular weight excluding hydrogens is 436 g/mol. The maximum Gasteiger partial charge on any atom is 0.252 e. The fourth-order valence-corrected chi connectivity index (χ4v) is 4.63. The highest BCUT2D eigenvalue weighted by Crippen LogP contribution is 2.32. The minimum atomic E-state index is -0.264. The summed E-state index contributed by atoms with van der Waals surface area (Å²) in [4.78, 5) is 18.5. The van der Waals surface area contributed by atoms with Crippen molar-refractivity contribution >= 4 is 10.9 Å². The van der Waals surface area contributed by atoms with Crippen molar-refractivity contribution in [3.05, 3.63) is 87.0 Å². The van der Waals surface area contributed by atoms with Crippen molar-refractivity contribution in [3.63, 3.8) is 0 Å². The fourth-order valence-electron chi connectivity index (χ4n) is 4.63. The van der Waals surface area contributed by atoms with Gasteiger partial charge in [-0.25, -0.2) is 4.68 Å². The summed E-state index contributed by atoms with van der Waals surface area (Å²) in [5, 5.41) is 13.9. The quantitative estimate of drug-likeness (QED) is 0.396. The van der Waals surface area contributed by atoms with Gasteiger partial charge in [-0.05, 0) is 80.1 Å². The Hall–Kier alpha value is -3.32. The van der Waals surface area contributed by atoms with E-state index in [1.54, 1.807) is 0 Å². The van der Waals surface area contributed by atoms with Crippen molar-refractivity contribution in [2.45, 2.75) is 73.1 Å². The minimum Gasteiger partial charge on any atom is -0.322 e. The number of hydrogen-bond acceptors (Lipinski definition) is 5. The zero-order chi connectivity index (χ0) is 25.3. The zero-order valence-corrected chi connectivity index (χ0v) is 21.8. The summed E-state index contributed by atoms with van der Waals surface area (Å²) in [6, 6.07) is 16.6. The molecular formula is C28H36N6O. The summed E-state index contributed by atoms with van der Waals surface area (Å²) < 4.78 is 1.91. The van der Waals surface area contributed by atoms with Crippen LogP contribution in [-0.2, 0) is 18.6 Å². The lowest BCUT2D eigenvalue weighted by atomic mass is 9.98. The van der Waals surface area contributed by atoms with Crippen LogP contribution in [0.2, 0.25) is 0 Å². The normalized spacial score (nSPS) is 13.2. The predicted molar refractivity (Wildman–Crippen MR) is 140 cm³/mol. The molecule has 0 aliphatic rings. The van der Waals surface area contributed by atoms with E-state index < -0.39 is 0 Å². The van der Waals surface area contributed by atoms with Gasteiger partial charge in [0.25, 0.3) is 5.56 Å². The van der Waals surface area contributed by atoms with Gasteiger partial charge in [-0.3, -0.25) is 9.69 Å². The van der Waals surface area contributed by atoms with Gasteiger partial charge in [0, 0.05) is 24.2 Å². The van der Waals surface area contributed by atoms with E-state index in [-0.39, 0.29) is 23.1 Å². The number of hydrogen-bond donors (Lipinski definition) is 1. The number of nitrogens with one attached hydrogen (secondary N) is 1. The van der Waals surface area contributed by atoms with E-state index in [1.807, 2.05) is 22.9 Å². The molecule has 7 heteroatoms. The van der Waals surface area contributed by atoms with Crippen LogP contribution in [0.1, 0.15) is 68.7 Å². The Labute approximate surface area is 207 Å². The molecule has 0 radical (unpaired) electrons. The van der Waals surface area contributed by atoms with Crippen molar-refractivity contribution in [3.8, 4) is 0 Å². The van der Waals surface area contributed by atoms with Gasteiger partial charge in [0.1, 0.15) is 0 Å². The maximum atomic E-state index is 13.1. The molecule has 0 amide bonds. The number of fused-ring (bicyclic) bond motifs is 1. The van der Waals surface area contributed by atoms with Crippen LogP contribution in [0.4, 0.5) is 0 Å². The first kappa shape index (κ1) is 24.8. The lowest BCUT2D eigenvalue weighted by Gasteiger charge is -2.35. The van der Waals surface area contributed by atoms with E-state index in [4.69, 9.17) is 0 Å². The van der Waals surface area contributed by atoms with E-state index >= 15 is 0 Å². The van der Waals surface area contributed by atoms with Crippen LogP contribution < -0.4 is 5.56 Å². The standard InChI is InChI=1S/C28H36N6O/c1-18(2)25(26-30-31-32-34(26)28(5,6)7)33(16-21-11-8-19(3)9-12-21)17-23-15-22-14-20(4)10-13-24(22)29-27(23)35/h8-15,18,25H,16-17H2,1-7H3,(H,29,35). The summed E-state index contributed by atoms with van der Waals surface area (Å²) in [6.07, 6.45) is 0. The first-order valence-electron chi connectivity index (χ1n) is 12.2. The second-order valence-electron chi connectivity index (χ2n) is 10.9. The zero-order valence-electron chi connectivity index (χ0n) is 21.8. The van der Waals surface area contributed by atoms with Crippen molar-refractivity contribution in [2.24, 2.45) is 5.92 Å². The van der Waals surface area contributed by atoms with Gasteiger partial charge < -0.3 is 4.98 Å². The number of tetrazole rings is 1. The average Bonchev–Trinajstić information content (AvgIpc) is 3.26. The topological polar surface area (TPSA) is 79.7 Å². The molecule has 2 aromatic carbocycles. The summed E-state index contributed by atoms with van der Waals surface area (Å²) >= 11 is 0. The number of benzene rings is 2. The Morgan fingerprint density at radius 3 is 2.31 bits per heavy atom. The molecule has 184 valence electrons. The van der Waals surface area contributed by atoms with Crippen molar-refractivity contribution in [2.75, 3.05) is 0 Å². The van der Waals surface area contributed by atoms with E-state index in [0.717, 1.165) is 27.9 Å². The third-order valence-electron chi connectivity index (χ3n) is 6.37. The van der Waals surface area contributed by atoms with Crippen molar-refractivity contribution in [1.29, 1.82) is 0 Å². The van der Waals surface area contributed by atoms with Gasteiger partial charge in [-0.15, -0.1) is 5.10 Å². The molecule has 1 N–H and O–H groups in total. The van der Waals surface area contributed by atoms with Crippen LogP contribution in [0.25, 0.3) is 10.9 Å². The summed E-state index contributed by atoms with van der Waals surface area (Å²) in [5.41, 5.74) is 4.83. The monoisotopic (exact) mass is 472 g/mol. The maximum absolute atomic E-state index is 13.1. The third kappa shape index (κ3) is 5.51. The molecule has 0 saturated heterocycles. The number of aromatic amines is 1. The summed E-state index contributed by atoms with van der Waals surface area (Å²) in [7, 11) is 0. The molecule has 0 fully saturated rings. The first-order chi connectivity index (χ1) is 16.5. The highest BCUT2D eigenvalue weighted by Gasteiger charge is 2.32. The lowest BCUT2D eigenvalue weighted by molar-refractivity contribution is 0.119. The van der Waals surface area contributed by atoms with Gasteiger partial charge >= 0.3 is 0 Å². The van der Waals surface area contributed by atoms with Crippen LogP contribution >= 0.6 is 0 Å². The van der Waals surface area contributed by atoms with Gasteiger partial charge in [0.05, 0.1) is 11.6 Å². The second-order valence-corrected chi connectivity index (χ2v) is 10.9. The Morgan fingerprint density at radius 1 is 0.971 bits per heavy atom. The van der Waals surface area contributed by atoms with Gasteiger partial charge in [-0.2, -0.15) is 0 Å². The molecule has 1 atom stereocenters. The fraction of sp³-hybridized carbons (Fsp3) is 0.429. The van der Waals surface area contributed by atoms with Crippen LogP contribution in [-0.4, -0.2) is 30.1 Å². The Balaban J connectivity index is 1.81. The van der Waals surface area contributed by atoms with Crippen LogP contribution in [0.15, 0.2) is 53.3 Å². The number of pyridine rings is 1. The molecule has 35 heavy (non-hydrogen) atoms. The second kappa shape index (κ2) is 9.74. The average molecular weight is 473 g/mol. The van der Waals surface area contributed by atoms with Crippen molar-refractivity contribution < 1.29 is 0 Å². The molecule has 7 nitrogen and oxygen atoms in total. The van der Waals surface area contributed by atoms with Gasteiger partial charge in [-0.1, -0.05) is 55.3 Å². The van der Waals surface area contributed by atoms with Crippen molar-refractivity contribution in [1.82, 2.24) is 30.1 Å². The Morgan fingerprint density at radius 2 is 1.66 bits per heavy atom. The highest BCUT2D eigenvalue weighted by atomic mass is 16.1. The Bertz CT molecular complexity index is 1360. The third-order valence-corrected chi connectivity index (χ3v) is 6.37. The molecule has 1 unspecified atom stereocenters. The number of rotatable bonds is 7. The molecule has 0 spiro atoms. The molecule has 4 aromatic rings. The van der Waals surface area contributed by atoms with E-state index in [2.05, 4.69) is 104 Å². The summed E-state index contributed by atoms with van der Waals surface area (Å²) in [6.45, 7) is 16.0. The molecule has 0 bridgehead atoms.